The van der Waals surface area contributed by atoms with Gasteiger partial charge in [-0.1, -0.05) is 24.3 Å². The minimum Gasteiger partial charge on any atom is -0.379 e. The molecule has 0 saturated carbocycles. The van der Waals surface area contributed by atoms with E-state index in [4.69, 9.17) is 14.2 Å². The average molecular weight is 489 g/mol. The van der Waals surface area contributed by atoms with Crippen molar-refractivity contribution in [2.75, 3.05) is 65.8 Å². The van der Waals surface area contributed by atoms with Gasteiger partial charge in [0.1, 0.15) is 0 Å². The number of hydrogen-bond donors (Lipinski definition) is 0. The largest absolute Gasteiger partial charge is 0.379 e. The zero-order valence-corrected chi connectivity index (χ0v) is 19.8. The summed E-state index contributed by atoms with van der Waals surface area (Å²) in [6.07, 6.45) is 0. The van der Waals surface area contributed by atoms with E-state index in [9.17, 15) is 20.2 Å². The van der Waals surface area contributed by atoms with Crippen molar-refractivity contribution in [3.63, 3.8) is 0 Å². The molecule has 3 rings (SSSR count). The minimum absolute atomic E-state index is 0.0781. The van der Waals surface area contributed by atoms with Gasteiger partial charge >= 0.3 is 0 Å². The van der Waals surface area contributed by atoms with Crippen molar-refractivity contribution in [3.05, 3.63) is 79.9 Å². The molecule has 0 amide bonds. The van der Waals surface area contributed by atoms with Gasteiger partial charge < -0.3 is 14.2 Å². The maximum atomic E-state index is 11.1. The first-order valence-electron chi connectivity index (χ1n) is 11.7. The number of nitro benzene ring substituents is 2. The molecule has 11 heteroatoms. The van der Waals surface area contributed by atoms with Crippen LogP contribution in [0.3, 0.4) is 0 Å². The lowest BCUT2D eigenvalue weighted by molar-refractivity contribution is -0.385. The van der Waals surface area contributed by atoms with Crippen molar-refractivity contribution in [2.45, 2.75) is 13.1 Å². The van der Waals surface area contributed by atoms with Crippen molar-refractivity contribution in [2.24, 2.45) is 0 Å². The van der Waals surface area contributed by atoms with E-state index in [1.54, 1.807) is 24.3 Å². The van der Waals surface area contributed by atoms with Crippen molar-refractivity contribution in [1.29, 1.82) is 0 Å². The number of benzene rings is 2. The number of ether oxygens (including phenoxy) is 3. The zero-order valence-electron chi connectivity index (χ0n) is 19.8. The van der Waals surface area contributed by atoms with Crippen molar-refractivity contribution < 1.29 is 24.1 Å². The third-order valence-electron chi connectivity index (χ3n) is 5.63. The Morgan fingerprint density at radius 1 is 0.629 bits per heavy atom. The van der Waals surface area contributed by atoms with Gasteiger partial charge in [-0.3, -0.25) is 30.0 Å². The van der Waals surface area contributed by atoms with Crippen molar-refractivity contribution in [3.8, 4) is 0 Å². The van der Waals surface area contributed by atoms with E-state index in [2.05, 4.69) is 9.80 Å². The van der Waals surface area contributed by atoms with Gasteiger partial charge in [0.15, 0.2) is 0 Å². The number of non-ortho nitro benzene ring substituents is 2. The second kappa shape index (κ2) is 14.4. The molecule has 0 atom stereocenters. The number of rotatable bonds is 6. The Hall–Kier alpha value is -2.96. The normalized spacial score (nSPS) is 17.8. The van der Waals surface area contributed by atoms with Gasteiger partial charge in [-0.05, 0) is 11.1 Å². The van der Waals surface area contributed by atoms with E-state index in [0.717, 1.165) is 11.1 Å². The summed E-state index contributed by atoms with van der Waals surface area (Å²) >= 11 is 0. The first kappa shape index (κ1) is 26.6. The predicted molar refractivity (Wildman–Crippen MR) is 129 cm³/mol. The van der Waals surface area contributed by atoms with Gasteiger partial charge in [0.25, 0.3) is 11.4 Å². The van der Waals surface area contributed by atoms with Crippen molar-refractivity contribution >= 4 is 11.4 Å². The molecule has 0 aromatic heterocycles. The van der Waals surface area contributed by atoms with E-state index >= 15 is 0 Å². The second-order valence-corrected chi connectivity index (χ2v) is 8.24. The summed E-state index contributed by atoms with van der Waals surface area (Å²) in [4.78, 5) is 25.7. The maximum Gasteiger partial charge on any atom is 0.269 e. The fraction of sp³-hybridized carbons (Fsp3) is 0.500. The average Bonchev–Trinajstić information content (AvgIpc) is 2.85. The lowest BCUT2D eigenvalue weighted by atomic mass is 10.2. The third-order valence-corrected chi connectivity index (χ3v) is 5.63. The van der Waals surface area contributed by atoms with Crippen molar-refractivity contribution in [1.82, 2.24) is 9.80 Å². The first-order chi connectivity index (χ1) is 17.0. The van der Waals surface area contributed by atoms with Gasteiger partial charge in [0.2, 0.25) is 0 Å². The van der Waals surface area contributed by atoms with Gasteiger partial charge in [0, 0.05) is 63.5 Å². The molecule has 0 spiro atoms. The second-order valence-electron chi connectivity index (χ2n) is 8.24. The molecule has 0 bridgehead atoms. The standard InChI is InChI=1S/C24H32N4O7/c29-27(30)23-5-1-3-21(17-23)19-25-7-11-33-12-8-26(10-14-35-16-15-34-13-9-25)20-22-4-2-6-24(18-22)28(31)32/h1-6,17-18H,7-16,19-20H2. The molecule has 1 saturated heterocycles. The minimum atomic E-state index is -0.388. The highest BCUT2D eigenvalue weighted by molar-refractivity contribution is 5.34. The first-order valence-corrected chi connectivity index (χ1v) is 11.7. The summed E-state index contributed by atoms with van der Waals surface area (Å²) in [7, 11) is 0. The Morgan fingerprint density at radius 2 is 1.00 bits per heavy atom. The molecule has 1 aliphatic heterocycles. The smallest absolute Gasteiger partial charge is 0.269 e. The molecule has 1 aliphatic rings. The van der Waals surface area contributed by atoms with Gasteiger partial charge in [-0.2, -0.15) is 0 Å². The molecule has 0 aliphatic carbocycles. The van der Waals surface area contributed by atoms with Crippen LogP contribution in [-0.4, -0.2) is 85.5 Å². The molecule has 2 aromatic carbocycles. The Bertz CT molecular complexity index is 883. The number of nitro groups is 2. The summed E-state index contributed by atoms with van der Waals surface area (Å²) in [5.74, 6) is 0. The van der Waals surface area contributed by atoms with Gasteiger partial charge in [-0.15, -0.1) is 0 Å². The fourth-order valence-electron chi connectivity index (χ4n) is 3.79. The van der Waals surface area contributed by atoms with Crippen LogP contribution in [0.2, 0.25) is 0 Å². The van der Waals surface area contributed by atoms with Gasteiger partial charge in [-0.25, -0.2) is 0 Å². The molecule has 35 heavy (non-hydrogen) atoms. The quantitative estimate of drug-likeness (QED) is 0.446. The summed E-state index contributed by atoms with van der Waals surface area (Å²) in [5, 5.41) is 22.2. The zero-order chi connectivity index (χ0) is 24.9. The highest BCUT2D eigenvalue weighted by Crippen LogP contribution is 2.16. The van der Waals surface area contributed by atoms with E-state index in [1.165, 1.54) is 12.1 Å². The van der Waals surface area contributed by atoms with E-state index in [0.29, 0.717) is 78.9 Å². The lowest BCUT2D eigenvalue weighted by Gasteiger charge is -2.23. The molecular weight excluding hydrogens is 456 g/mol. The summed E-state index contributed by atoms with van der Waals surface area (Å²) in [6, 6.07) is 13.3. The summed E-state index contributed by atoms with van der Waals surface area (Å²) in [5.41, 5.74) is 1.89. The van der Waals surface area contributed by atoms with E-state index < -0.39 is 0 Å². The molecule has 0 N–H and O–H groups in total. The highest BCUT2D eigenvalue weighted by atomic mass is 16.6. The molecule has 0 unspecified atom stereocenters. The Morgan fingerprint density at radius 3 is 1.37 bits per heavy atom. The Kier molecular flexibility index (Phi) is 11.0. The Labute approximate surface area is 204 Å². The SMILES string of the molecule is O=[N+]([O-])c1cccc(CN2CCOCCOCCN(Cc3cccc([N+](=O)[O-])c3)CCOCC2)c1. The van der Waals surface area contributed by atoms with E-state index in [-0.39, 0.29) is 21.2 Å². The molecule has 1 heterocycles. The van der Waals surface area contributed by atoms with E-state index in [1.807, 2.05) is 12.1 Å². The van der Waals surface area contributed by atoms with Crippen LogP contribution in [0.5, 0.6) is 0 Å². The van der Waals surface area contributed by atoms with Crippen LogP contribution >= 0.6 is 0 Å². The summed E-state index contributed by atoms with van der Waals surface area (Å²) < 4.78 is 17.3. The topological polar surface area (TPSA) is 120 Å². The lowest BCUT2D eigenvalue weighted by Crippen LogP contribution is -2.32. The van der Waals surface area contributed by atoms with Crippen LogP contribution in [0, 0.1) is 20.2 Å². The predicted octanol–water partition coefficient (Wildman–Crippen LogP) is 2.87. The van der Waals surface area contributed by atoms with Crippen LogP contribution in [-0.2, 0) is 27.3 Å². The molecule has 1 fully saturated rings. The van der Waals surface area contributed by atoms with Crippen LogP contribution in [0.25, 0.3) is 0 Å². The monoisotopic (exact) mass is 488 g/mol. The molecular formula is C24H32N4O7. The van der Waals surface area contributed by atoms with Crippen LogP contribution < -0.4 is 0 Å². The fourth-order valence-corrected chi connectivity index (χ4v) is 3.79. The van der Waals surface area contributed by atoms with Crippen LogP contribution in [0.1, 0.15) is 11.1 Å². The molecule has 2 aromatic rings. The third kappa shape index (κ3) is 9.67. The molecule has 0 radical (unpaired) electrons. The highest BCUT2D eigenvalue weighted by Gasteiger charge is 2.13. The van der Waals surface area contributed by atoms with Crippen LogP contribution in [0.15, 0.2) is 48.5 Å². The maximum absolute atomic E-state index is 11.1. The Balaban J connectivity index is 1.56. The van der Waals surface area contributed by atoms with Gasteiger partial charge in [0.05, 0.1) is 49.5 Å². The molecule has 190 valence electrons. The number of hydrogen-bond acceptors (Lipinski definition) is 9. The van der Waals surface area contributed by atoms with Crippen LogP contribution in [0.4, 0.5) is 11.4 Å². The number of nitrogens with zero attached hydrogens (tertiary/aromatic N) is 4. The summed E-state index contributed by atoms with van der Waals surface area (Å²) in [6.45, 7) is 6.81. The molecule has 11 nitrogen and oxygen atoms in total.